The molecule has 0 bridgehead atoms. The maximum Gasteiger partial charge on any atom is 0.226 e. The van der Waals surface area contributed by atoms with Crippen LogP contribution in [0.4, 0.5) is 0 Å². The van der Waals surface area contributed by atoms with Gasteiger partial charge < -0.3 is 15.0 Å². The van der Waals surface area contributed by atoms with Gasteiger partial charge in [-0.1, -0.05) is 19.0 Å². The summed E-state index contributed by atoms with van der Waals surface area (Å²) in [5.74, 6) is 1.33. The molecule has 96 valence electrons. The van der Waals surface area contributed by atoms with Crippen LogP contribution in [0.1, 0.15) is 51.2 Å². The summed E-state index contributed by atoms with van der Waals surface area (Å²) in [5.41, 5.74) is 5.91. The van der Waals surface area contributed by atoms with E-state index < -0.39 is 5.54 Å². The van der Waals surface area contributed by atoms with Crippen LogP contribution >= 0.6 is 0 Å². The second-order valence-electron chi connectivity index (χ2n) is 4.77. The van der Waals surface area contributed by atoms with Gasteiger partial charge in [-0.3, -0.25) is 0 Å². The topological polar surface area (TPSA) is 74.2 Å². The van der Waals surface area contributed by atoms with Crippen LogP contribution in [0.2, 0.25) is 0 Å². The number of nitrogens with zero attached hydrogens (tertiary/aromatic N) is 2. The van der Waals surface area contributed by atoms with Crippen LogP contribution in [0.3, 0.4) is 0 Å². The van der Waals surface area contributed by atoms with E-state index in [0.29, 0.717) is 18.3 Å². The lowest BCUT2D eigenvalue weighted by Gasteiger charge is -2.35. The van der Waals surface area contributed by atoms with E-state index in [4.69, 9.17) is 15.0 Å². The quantitative estimate of drug-likeness (QED) is 0.866. The summed E-state index contributed by atoms with van der Waals surface area (Å²) < 4.78 is 10.8. The molecule has 1 aliphatic rings. The van der Waals surface area contributed by atoms with E-state index in [9.17, 15) is 0 Å². The van der Waals surface area contributed by atoms with Crippen molar-refractivity contribution in [3.8, 4) is 0 Å². The van der Waals surface area contributed by atoms with Crippen molar-refractivity contribution in [3.63, 3.8) is 0 Å². The smallest absolute Gasteiger partial charge is 0.226 e. The first-order chi connectivity index (χ1) is 8.18. The number of aromatic nitrogens is 2. The third-order valence-electron chi connectivity index (χ3n) is 3.33. The normalized spacial score (nSPS) is 29.5. The summed E-state index contributed by atoms with van der Waals surface area (Å²) >= 11 is 0. The van der Waals surface area contributed by atoms with Gasteiger partial charge in [0.05, 0.1) is 11.6 Å². The highest BCUT2D eigenvalue weighted by Gasteiger charge is 2.38. The van der Waals surface area contributed by atoms with Crippen LogP contribution in [-0.2, 0) is 16.7 Å². The summed E-state index contributed by atoms with van der Waals surface area (Å²) in [5, 5.41) is 4.03. The molecule has 0 aliphatic carbocycles. The van der Waals surface area contributed by atoms with Crippen molar-refractivity contribution in [1.82, 2.24) is 10.1 Å². The van der Waals surface area contributed by atoms with E-state index in [0.717, 1.165) is 32.1 Å². The van der Waals surface area contributed by atoms with Gasteiger partial charge >= 0.3 is 0 Å². The Labute approximate surface area is 102 Å². The summed E-state index contributed by atoms with van der Waals surface area (Å²) in [6, 6.07) is 0. The molecule has 1 fully saturated rings. The largest absolute Gasteiger partial charge is 0.378 e. The lowest BCUT2D eigenvalue weighted by Crippen LogP contribution is -2.46. The molecule has 2 N–H and O–H groups in total. The van der Waals surface area contributed by atoms with E-state index in [-0.39, 0.29) is 6.10 Å². The number of hydrogen-bond acceptors (Lipinski definition) is 5. The third-order valence-corrected chi connectivity index (χ3v) is 3.33. The molecule has 0 saturated carbocycles. The Morgan fingerprint density at radius 2 is 2.29 bits per heavy atom. The Kier molecular flexibility index (Phi) is 3.79. The predicted molar refractivity (Wildman–Crippen MR) is 63.4 cm³/mol. The zero-order chi connectivity index (χ0) is 12.3. The average molecular weight is 239 g/mol. The Bertz CT molecular complexity index is 366. The monoisotopic (exact) mass is 239 g/mol. The minimum Gasteiger partial charge on any atom is -0.378 e. The number of hydrogen-bond donors (Lipinski definition) is 1. The van der Waals surface area contributed by atoms with Crippen LogP contribution < -0.4 is 5.73 Å². The first-order valence-electron chi connectivity index (χ1n) is 6.41. The predicted octanol–water partition coefficient (Wildman–Crippen LogP) is 1.77. The van der Waals surface area contributed by atoms with E-state index in [1.54, 1.807) is 0 Å². The van der Waals surface area contributed by atoms with Gasteiger partial charge in [-0.25, -0.2) is 0 Å². The standard InChI is InChI=1S/C12H21N3O2/c1-3-5-10-14-11(15-17-10)12(13)6-7-16-9(4-2)8-12/h9H,3-8,13H2,1-2H3. The van der Waals surface area contributed by atoms with Crippen LogP contribution in [0.15, 0.2) is 4.52 Å². The van der Waals surface area contributed by atoms with Gasteiger partial charge in [0.25, 0.3) is 0 Å². The SMILES string of the molecule is CCCc1nc(C2(N)CCOC(CC)C2)no1. The fourth-order valence-electron chi connectivity index (χ4n) is 2.21. The summed E-state index contributed by atoms with van der Waals surface area (Å²) in [7, 11) is 0. The Morgan fingerprint density at radius 3 is 3.00 bits per heavy atom. The fraction of sp³-hybridized carbons (Fsp3) is 0.833. The van der Waals surface area contributed by atoms with Crippen molar-refractivity contribution in [2.24, 2.45) is 5.73 Å². The van der Waals surface area contributed by atoms with Crippen molar-refractivity contribution in [1.29, 1.82) is 0 Å². The molecule has 0 aromatic carbocycles. The maximum absolute atomic E-state index is 6.39. The summed E-state index contributed by atoms with van der Waals surface area (Å²) in [4.78, 5) is 4.41. The highest BCUT2D eigenvalue weighted by Crippen LogP contribution is 2.31. The molecule has 2 heterocycles. The van der Waals surface area contributed by atoms with Gasteiger partial charge in [0.1, 0.15) is 0 Å². The van der Waals surface area contributed by atoms with Crippen LogP contribution in [0.25, 0.3) is 0 Å². The molecule has 5 nitrogen and oxygen atoms in total. The molecule has 1 aromatic heterocycles. The van der Waals surface area contributed by atoms with Crippen molar-refractivity contribution < 1.29 is 9.26 Å². The molecule has 2 rings (SSSR count). The van der Waals surface area contributed by atoms with Crippen molar-refractivity contribution in [2.45, 2.75) is 57.6 Å². The summed E-state index contributed by atoms with van der Waals surface area (Å²) in [6.07, 6.45) is 4.53. The molecule has 2 unspecified atom stereocenters. The van der Waals surface area contributed by atoms with Crippen LogP contribution in [0.5, 0.6) is 0 Å². The Balaban J connectivity index is 2.12. The number of rotatable bonds is 4. The first-order valence-corrected chi connectivity index (χ1v) is 6.41. The van der Waals surface area contributed by atoms with Crippen LogP contribution in [-0.4, -0.2) is 22.9 Å². The first kappa shape index (κ1) is 12.5. The van der Waals surface area contributed by atoms with Gasteiger partial charge in [-0.15, -0.1) is 0 Å². The molecular formula is C12H21N3O2. The molecule has 1 aromatic rings. The molecule has 17 heavy (non-hydrogen) atoms. The molecular weight excluding hydrogens is 218 g/mol. The molecule has 2 atom stereocenters. The minimum atomic E-state index is -0.478. The van der Waals surface area contributed by atoms with E-state index >= 15 is 0 Å². The zero-order valence-electron chi connectivity index (χ0n) is 10.6. The van der Waals surface area contributed by atoms with Gasteiger partial charge in [0.2, 0.25) is 5.89 Å². The third kappa shape index (κ3) is 2.66. The highest BCUT2D eigenvalue weighted by molar-refractivity contribution is 5.06. The van der Waals surface area contributed by atoms with E-state index in [2.05, 4.69) is 24.0 Å². The molecule has 1 aliphatic heterocycles. The fourth-order valence-corrected chi connectivity index (χ4v) is 2.21. The zero-order valence-corrected chi connectivity index (χ0v) is 10.6. The van der Waals surface area contributed by atoms with E-state index in [1.165, 1.54) is 0 Å². The lowest BCUT2D eigenvalue weighted by atomic mass is 9.86. The lowest BCUT2D eigenvalue weighted by molar-refractivity contribution is -0.0239. The van der Waals surface area contributed by atoms with E-state index in [1.807, 2.05) is 0 Å². The highest BCUT2D eigenvalue weighted by atomic mass is 16.5. The molecule has 0 amide bonds. The van der Waals surface area contributed by atoms with Crippen molar-refractivity contribution >= 4 is 0 Å². The Hall–Kier alpha value is -0.940. The summed E-state index contributed by atoms with van der Waals surface area (Å²) in [6.45, 7) is 4.87. The average Bonchev–Trinajstić information content (AvgIpc) is 2.79. The molecule has 5 heteroatoms. The second-order valence-corrected chi connectivity index (χ2v) is 4.77. The Morgan fingerprint density at radius 1 is 1.47 bits per heavy atom. The number of aryl methyl sites for hydroxylation is 1. The molecule has 1 saturated heterocycles. The van der Waals surface area contributed by atoms with Gasteiger partial charge in [0.15, 0.2) is 5.82 Å². The minimum absolute atomic E-state index is 0.210. The van der Waals surface area contributed by atoms with Gasteiger partial charge in [-0.2, -0.15) is 4.98 Å². The number of nitrogens with two attached hydrogens (primary N) is 1. The van der Waals surface area contributed by atoms with Gasteiger partial charge in [-0.05, 0) is 25.7 Å². The van der Waals surface area contributed by atoms with Crippen molar-refractivity contribution in [2.75, 3.05) is 6.61 Å². The van der Waals surface area contributed by atoms with Gasteiger partial charge in [0, 0.05) is 13.0 Å². The maximum atomic E-state index is 6.39. The molecule has 0 radical (unpaired) electrons. The van der Waals surface area contributed by atoms with Crippen molar-refractivity contribution in [3.05, 3.63) is 11.7 Å². The second kappa shape index (κ2) is 5.14. The van der Waals surface area contributed by atoms with Crippen LogP contribution in [0, 0.1) is 0 Å². The number of ether oxygens (including phenoxy) is 1. The molecule has 0 spiro atoms.